The summed E-state index contributed by atoms with van der Waals surface area (Å²) < 4.78 is 26.4. The fraction of sp³-hybridized carbons (Fsp3) is 0.500. The van der Waals surface area contributed by atoms with E-state index in [1.807, 2.05) is 7.05 Å². The molecule has 2 rings (SSSR count). The molecule has 1 aliphatic rings. The van der Waals surface area contributed by atoms with Gasteiger partial charge in [0.1, 0.15) is 0 Å². The van der Waals surface area contributed by atoms with Gasteiger partial charge in [0.15, 0.2) is 0 Å². The maximum absolute atomic E-state index is 12.4. The maximum Gasteiger partial charge on any atom is 0.243 e. The number of likely N-dealkylation sites (N-methyl/N-ethyl adjacent to an activating group) is 1. The van der Waals surface area contributed by atoms with Crippen molar-refractivity contribution in [2.24, 2.45) is 0 Å². The van der Waals surface area contributed by atoms with Gasteiger partial charge in [-0.2, -0.15) is 4.31 Å². The first-order valence-electron chi connectivity index (χ1n) is 5.97. The quantitative estimate of drug-likeness (QED) is 0.921. The summed E-state index contributed by atoms with van der Waals surface area (Å²) in [6, 6.07) is 6.56. The van der Waals surface area contributed by atoms with Gasteiger partial charge >= 0.3 is 0 Å². The number of halogens is 1. The third kappa shape index (κ3) is 2.85. The van der Waals surface area contributed by atoms with Crippen LogP contribution in [-0.2, 0) is 10.0 Å². The summed E-state index contributed by atoms with van der Waals surface area (Å²) in [6.07, 6.45) is 1.90. The second-order valence-electron chi connectivity index (χ2n) is 4.44. The van der Waals surface area contributed by atoms with Gasteiger partial charge in [-0.1, -0.05) is 11.6 Å². The van der Waals surface area contributed by atoms with Crippen molar-refractivity contribution in [2.45, 2.75) is 23.8 Å². The number of hydrogen-bond acceptors (Lipinski definition) is 3. The molecule has 1 atom stereocenters. The Balaban J connectivity index is 2.22. The zero-order valence-electron chi connectivity index (χ0n) is 10.3. The molecule has 0 saturated carbocycles. The van der Waals surface area contributed by atoms with Gasteiger partial charge in [-0.15, -0.1) is 0 Å². The van der Waals surface area contributed by atoms with Crippen molar-refractivity contribution in [1.29, 1.82) is 0 Å². The highest BCUT2D eigenvalue weighted by Crippen LogP contribution is 2.22. The van der Waals surface area contributed by atoms with Gasteiger partial charge < -0.3 is 5.32 Å². The minimum Gasteiger partial charge on any atom is -0.316 e. The predicted octanol–water partition coefficient (Wildman–Crippen LogP) is 1.71. The second kappa shape index (κ2) is 5.57. The largest absolute Gasteiger partial charge is 0.316 e. The van der Waals surface area contributed by atoms with Crippen molar-refractivity contribution in [3.05, 3.63) is 29.3 Å². The number of benzene rings is 1. The summed E-state index contributed by atoms with van der Waals surface area (Å²) in [7, 11) is -1.52. The average molecular weight is 289 g/mol. The Bertz CT molecular complexity index is 501. The fourth-order valence-corrected chi connectivity index (χ4v) is 3.80. The van der Waals surface area contributed by atoms with Gasteiger partial charge in [0, 0.05) is 24.2 Å². The maximum atomic E-state index is 12.4. The van der Waals surface area contributed by atoms with Crippen molar-refractivity contribution in [2.75, 3.05) is 20.1 Å². The molecule has 1 unspecified atom stereocenters. The van der Waals surface area contributed by atoms with Crippen molar-refractivity contribution < 1.29 is 8.42 Å². The van der Waals surface area contributed by atoms with Crippen LogP contribution in [0.25, 0.3) is 0 Å². The van der Waals surface area contributed by atoms with E-state index in [-0.39, 0.29) is 6.04 Å². The van der Waals surface area contributed by atoms with Gasteiger partial charge in [-0.25, -0.2) is 8.42 Å². The Labute approximate surface area is 113 Å². The third-order valence-corrected chi connectivity index (χ3v) is 5.38. The molecule has 0 amide bonds. The van der Waals surface area contributed by atoms with Gasteiger partial charge in [0.25, 0.3) is 0 Å². The van der Waals surface area contributed by atoms with Gasteiger partial charge in [-0.3, -0.25) is 0 Å². The van der Waals surface area contributed by atoms with Crippen LogP contribution in [0, 0.1) is 0 Å². The topological polar surface area (TPSA) is 49.4 Å². The van der Waals surface area contributed by atoms with Crippen LogP contribution < -0.4 is 5.32 Å². The van der Waals surface area contributed by atoms with Crippen LogP contribution in [0.4, 0.5) is 0 Å². The molecule has 0 radical (unpaired) electrons. The van der Waals surface area contributed by atoms with E-state index < -0.39 is 10.0 Å². The molecule has 1 aromatic carbocycles. The average Bonchev–Trinajstić information content (AvgIpc) is 2.39. The van der Waals surface area contributed by atoms with E-state index >= 15 is 0 Å². The van der Waals surface area contributed by atoms with Crippen molar-refractivity contribution in [1.82, 2.24) is 9.62 Å². The first-order valence-corrected chi connectivity index (χ1v) is 7.79. The molecule has 1 saturated heterocycles. The summed E-state index contributed by atoms with van der Waals surface area (Å²) in [5.41, 5.74) is 0. The molecule has 0 spiro atoms. The highest BCUT2D eigenvalue weighted by atomic mass is 35.5. The molecular weight excluding hydrogens is 272 g/mol. The summed E-state index contributed by atoms with van der Waals surface area (Å²) in [5.74, 6) is 0. The monoisotopic (exact) mass is 288 g/mol. The summed E-state index contributed by atoms with van der Waals surface area (Å²) in [4.78, 5) is 0.309. The summed E-state index contributed by atoms with van der Waals surface area (Å²) in [5, 5.41) is 3.68. The molecule has 6 heteroatoms. The highest BCUT2D eigenvalue weighted by Gasteiger charge is 2.29. The van der Waals surface area contributed by atoms with Crippen molar-refractivity contribution in [3.8, 4) is 0 Å². The molecular formula is C12H17ClN2O2S. The summed E-state index contributed by atoms with van der Waals surface area (Å²) >= 11 is 5.77. The normalized spacial score (nSPS) is 22.0. The Morgan fingerprint density at radius 3 is 2.61 bits per heavy atom. The van der Waals surface area contributed by atoms with E-state index in [9.17, 15) is 8.42 Å². The molecule has 1 heterocycles. The van der Waals surface area contributed by atoms with Crippen LogP contribution in [0.3, 0.4) is 0 Å². The molecule has 100 valence electrons. The third-order valence-electron chi connectivity index (χ3n) is 3.24. The van der Waals surface area contributed by atoms with Crippen LogP contribution >= 0.6 is 11.6 Å². The molecule has 0 bridgehead atoms. The van der Waals surface area contributed by atoms with Crippen LogP contribution in [0.5, 0.6) is 0 Å². The molecule has 1 N–H and O–H groups in total. The van der Waals surface area contributed by atoms with E-state index in [1.54, 1.807) is 28.6 Å². The number of sulfonamides is 1. The second-order valence-corrected chi connectivity index (χ2v) is 6.82. The van der Waals surface area contributed by atoms with Crippen molar-refractivity contribution in [3.63, 3.8) is 0 Å². The van der Waals surface area contributed by atoms with E-state index in [2.05, 4.69) is 5.32 Å². The van der Waals surface area contributed by atoms with E-state index in [4.69, 9.17) is 11.6 Å². The highest BCUT2D eigenvalue weighted by molar-refractivity contribution is 7.89. The van der Waals surface area contributed by atoms with Crippen molar-refractivity contribution >= 4 is 21.6 Å². The molecule has 0 aliphatic carbocycles. The first-order chi connectivity index (χ1) is 8.54. The lowest BCUT2D eigenvalue weighted by molar-refractivity contribution is 0.293. The van der Waals surface area contributed by atoms with Crippen LogP contribution in [0.15, 0.2) is 29.2 Å². The van der Waals surface area contributed by atoms with E-state index in [1.165, 1.54) is 0 Å². The molecule has 1 fully saturated rings. The Hall–Kier alpha value is -0.620. The fourth-order valence-electron chi connectivity index (χ4n) is 2.15. The minimum atomic E-state index is -3.39. The van der Waals surface area contributed by atoms with Crippen LogP contribution in [0.1, 0.15) is 12.8 Å². The van der Waals surface area contributed by atoms with Crippen LogP contribution in [-0.4, -0.2) is 38.9 Å². The first kappa shape index (κ1) is 13.8. The number of nitrogens with zero attached hydrogens (tertiary/aromatic N) is 1. The molecule has 18 heavy (non-hydrogen) atoms. The Morgan fingerprint density at radius 2 is 2.00 bits per heavy atom. The number of nitrogens with one attached hydrogen (secondary N) is 1. The number of rotatable bonds is 3. The smallest absolute Gasteiger partial charge is 0.243 e. The lowest BCUT2D eigenvalue weighted by atomic mass is 10.1. The SMILES string of the molecule is CNC1CCCN(S(=O)(=O)c2ccc(Cl)cc2)C1. The molecule has 1 aromatic rings. The Kier molecular flexibility index (Phi) is 4.27. The molecule has 1 aliphatic heterocycles. The van der Waals surface area contributed by atoms with Crippen LogP contribution in [0.2, 0.25) is 5.02 Å². The van der Waals surface area contributed by atoms with Gasteiger partial charge in [0.05, 0.1) is 4.90 Å². The van der Waals surface area contributed by atoms with Gasteiger partial charge in [-0.05, 0) is 44.2 Å². The summed E-state index contributed by atoms with van der Waals surface area (Å²) in [6.45, 7) is 1.12. The zero-order valence-corrected chi connectivity index (χ0v) is 11.8. The predicted molar refractivity (Wildman–Crippen MR) is 72.3 cm³/mol. The molecule has 4 nitrogen and oxygen atoms in total. The molecule has 0 aromatic heterocycles. The minimum absolute atomic E-state index is 0.237. The van der Waals surface area contributed by atoms with Gasteiger partial charge in [0.2, 0.25) is 10.0 Å². The lowest BCUT2D eigenvalue weighted by Crippen LogP contribution is -2.46. The lowest BCUT2D eigenvalue weighted by Gasteiger charge is -2.31. The standard InChI is InChI=1S/C12H17ClN2O2S/c1-14-11-3-2-8-15(9-11)18(16,17)12-6-4-10(13)5-7-12/h4-7,11,14H,2-3,8-9H2,1H3. The zero-order chi connectivity index (χ0) is 13.2. The number of hydrogen-bond donors (Lipinski definition) is 1. The van der Waals surface area contributed by atoms with E-state index in [0.717, 1.165) is 12.8 Å². The Morgan fingerprint density at radius 1 is 1.33 bits per heavy atom. The number of piperidine rings is 1. The van der Waals surface area contributed by atoms with E-state index in [0.29, 0.717) is 23.0 Å².